The van der Waals surface area contributed by atoms with Crippen LogP contribution >= 0.6 is 0 Å². The van der Waals surface area contributed by atoms with E-state index in [0.717, 1.165) is 31.7 Å². The van der Waals surface area contributed by atoms with Crippen molar-refractivity contribution in [3.63, 3.8) is 0 Å². The van der Waals surface area contributed by atoms with Gasteiger partial charge in [-0.2, -0.15) is 0 Å². The van der Waals surface area contributed by atoms with Gasteiger partial charge in [0.25, 0.3) is 0 Å². The normalized spacial score (nSPS) is 19.4. The third-order valence-corrected chi connectivity index (χ3v) is 4.08. The molecule has 1 aliphatic heterocycles. The smallest absolute Gasteiger partial charge is 0.303 e. The van der Waals surface area contributed by atoms with Crippen LogP contribution in [-0.2, 0) is 4.79 Å². The van der Waals surface area contributed by atoms with Crippen molar-refractivity contribution in [2.45, 2.75) is 45.1 Å². The number of carboxylic acid groups (broad SMARTS) is 1. The lowest BCUT2D eigenvalue weighted by molar-refractivity contribution is -0.137. The molecule has 1 aromatic carbocycles. The van der Waals surface area contributed by atoms with Crippen molar-refractivity contribution < 1.29 is 14.6 Å². The number of nitrogens with zero attached hydrogens (tertiary/aromatic N) is 1. The molecule has 0 aromatic heterocycles. The first-order valence-electron chi connectivity index (χ1n) is 7.80. The Kier molecular flexibility index (Phi) is 6.05. The number of hydrogen-bond donors (Lipinski definition) is 1. The largest absolute Gasteiger partial charge is 0.492 e. The summed E-state index contributed by atoms with van der Waals surface area (Å²) in [7, 11) is 0. The van der Waals surface area contributed by atoms with Crippen molar-refractivity contribution in [2.75, 3.05) is 19.7 Å². The van der Waals surface area contributed by atoms with E-state index < -0.39 is 5.97 Å². The first kappa shape index (κ1) is 15.8. The minimum atomic E-state index is -0.698. The number of aliphatic carboxylic acids is 1. The summed E-state index contributed by atoms with van der Waals surface area (Å²) in [6, 6.07) is 8.47. The minimum absolute atomic E-state index is 0.264. The number of piperidine rings is 1. The molecule has 0 saturated carbocycles. The summed E-state index contributed by atoms with van der Waals surface area (Å²) in [6.07, 6.45) is 4.53. The summed E-state index contributed by atoms with van der Waals surface area (Å²) in [5, 5.41) is 8.84. The lowest BCUT2D eigenvalue weighted by atomic mass is 9.98. The number of hydrogen-bond acceptors (Lipinski definition) is 3. The third kappa shape index (κ3) is 5.38. The van der Waals surface area contributed by atoms with Gasteiger partial charge in [0, 0.05) is 19.0 Å². The highest BCUT2D eigenvalue weighted by Crippen LogP contribution is 2.21. The van der Waals surface area contributed by atoms with Crippen molar-refractivity contribution in [3.8, 4) is 5.75 Å². The monoisotopic (exact) mass is 291 g/mol. The van der Waals surface area contributed by atoms with Crippen LogP contribution in [0.5, 0.6) is 5.75 Å². The Bertz CT molecular complexity index is 461. The number of ether oxygens (including phenoxy) is 1. The molecule has 1 heterocycles. The van der Waals surface area contributed by atoms with Crippen LogP contribution in [-0.4, -0.2) is 41.7 Å². The topological polar surface area (TPSA) is 49.8 Å². The van der Waals surface area contributed by atoms with Gasteiger partial charge in [-0.1, -0.05) is 18.6 Å². The fourth-order valence-corrected chi connectivity index (χ4v) is 2.96. The van der Waals surface area contributed by atoms with E-state index in [9.17, 15) is 4.79 Å². The van der Waals surface area contributed by atoms with Crippen LogP contribution in [0.15, 0.2) is 24.3 Å². The van der Waals surface area contributed by atoms with Crippen LogP contribution in [0, 0.1) is 6.92 Å². The van der Waals surface area contributed by atoms with Crippen LogP contribution in [0.3, 0.4) is 0 Å². The van der Waals surface area contributed by atoms with E-state index in [1.54, 1.807) is 0 Å². The molecule has 1 N–H and O–H groups in total. The Morgan fingerprint density at radius 2 is 2.29 bits per heavy atom. The zero-order chi connectivity index (χ0) is 15.1. The maximum Gasteiger partial charge on any atom is 0.303 e. The number of carboxylic acids is 1. The van der Waals surface area contributed by atoms with Crippen molar-refractivity contribution >= 4 is 5.97 Å². The van der Waals surface area contributed by atoms with Crippen LogP contribution in [0.2, 0.25) is 0 Å². The molecule has 0 amide bonds. The number of aryl methyl sites for hydroxylation is 1. The van der Waals surface area contributed by atoms with Crippen LogP contribution in [0.4, 0.5) is 0 Å². The average molecular weight is 291 g/mol. The van der Waals surface area contributed by atoms with E-state index in [1.807, 2.05) is 18.2 Å². The molecule has 0 aliphatic carbocycles. The lowest BCUT2D eigenvalue weighted by Crippen LogP contribution is -2.42. The Hall–Kier alpha value is -1.55. The first-order valence-corrected chi connectivity index (χ1v) is 7.80. The Labute approximate surface area is 126 Å². The van der Waals surface area contributed by atoms with Crippen LogP contribution in [0.1, 0.15) is 37.7 Å². The van der Waals surface area contributed by atoms with Crippen LogP contribution in [0.25, 0.3) is 0 Å². The van der Waals surface area contributed by atoms with E-state index >= 15 is 0 Å². The van der Waals surface area contributed by atoms with Gasteiger partial charge < -0.3 is 9.84 Å². The second kappa shape index (κ2) is 8.03. The number of likely N-dealkylation sites (tertiary alicyclic amines) is 1. The molecular formula is C17H25NO3. The molecule has 1 unspecified atom stereocenters. The summed E-state index contributed by atoms with van der Waals surface area (Å²) in [6.45, 7) is 4.64. The summed E-state index contributed by atoms with van der Waals surface area (Å²) in [5.74, 6) is 0.214. The predicted molar refractivity (Wildman–Crippen MR) is 82.8 cm³/mol. The summed E-state index contributed by atoms with van der Waals surface area (Å²) in [4.78, 5) is 13.1. The molecule has 1 aromatic rings. The van der Waals surface area contributed by atoms with Gasteiger partial charge in [0.2, 0.25) is 0 Å². The van der Waals surface area contributed by atoms with E-state index in [2.05, 4.69) is 17.9 Å². The first-order chi connectivity index (χ1) is 10.1. The van der Waals surface area contributed by atoms with Crippen molar-refractivity contribution in [1.29, 1.82) is 0 Å². The van der Waals surface area contributed by atoms with Gasteiger partial charge in [-0.3, -0.25) is 9.69 Å². The maximum absolute atomic E-state index is 10.7. The quantitative estimate of drug-likeness (QED) is 0.838. The molecule has 0 radical (unpaired) electrons. The average Bonchev–Trinajstić information content (AvgIpc) is 2.46. The third-order valence-electron chi connectivity index (χ3n) is 4.08. The highest BCUT2D eigenvalue weighted by atomic mass is 16.5. The second-order valence-corrected chi connectivity index (χ2v) is 5.78. The molecule has 1 aliphatic rings. The molecule has 1 saturated heterocycles. The Balaban J connectivity index is 1.78. The molecule has 1 fully saturated rings. The van der Waals surface area contributed by atoms with Gasteiger partial charge in [0.15, 0.2) is 0 Å². The maximum atomic E-state index is 10.7. The summed E-state index contributed by atoms with van der Waals surface area (Å²) >= 11 is 0. The van der Waals surface area contributed by atoms with E-state index in [-0.39, 0.29) is 6.42 Å². The van der Waals surface area contributed by atoms with Crippen molar-refractivity contribution in [1.82, 2.24) is 4.90 Å². The lowest BCUT2D eigenvalue weighted by Gasteiger charge is -2.35. The highest BCUT2D eigenvalue weighted by molar-refractivity contribution is 5.66. The number of carbonyl (C=O) groups is 1. The van der Waals surface area contributed by atoms with Gasteiger partial charge >= 0.3 is 5.97 Å². The zero-order valence-electron chi connectivity index (χ0n) is 12.8. The Morgan fingerprint density at radius 1 is 1.43 bits per heavy atom. The van der Waals surface area contributed by atoms with Crippen molar-refractivity contribution in [2.24, 2.45) is 0 Å². The van der Waals surface area contributed by atoms with Crippen molar-refractivity contribution in [3.05, 3.63) is 29.8 Å². The fourth-order valence-electron chi connectivity index (χ4n) is 2.96. The zero-order valence-corrected chi connectivity index (χ0v) is 12.8. The minimum Gasteiger partial charge on any atom is -0.492 e. The fraction of sp³-hybridized carbons (Fsp3) is 0.588. The number of rotatable bonds is 7. The van der Waals surface area contributed by atoms with Crippen LogP contribution < -0.4 is 4.74 Å². The SMILES string of the molecule is Cc1cccc(OCCN2CCCCC2CCC(=O)O)c1. The molecule has 1 atom stereocenters. The molecule has 4 nitrogen and oxygen atoms in total. The van der Waals surface area contributed by atoms with E-state index in [0.29, 0.717) is 12.6 Å². The molecule has 2 rings (SSSR count). The highest BCUT2D eigenvalue weighted by Gasteiger charge is 2.22. The van der Waals surface area contributed by atoms with Gasteiger partial charge in [-0.15, -0.1) is 0 Å². The standard InChI is InChI=1S/C17H25NO3/c1-14-5-4-7-16(13-14)21-12-11-18-10-3-2-6-15(18)8-9-17(19)20/h4-5,7,13,15H,2-3,6,8-12H2,1H3,(H,19,20). The van der Waals surface area contributed by atoms with Gasteiger partial charge in [0.05, 0.1) is 0 Å². The number of benzene rings is 1. The summed E-state index contributed by atoms with van der Waals surface area (Å²) < 4.78 is 5.81. The molecule has 0 spiro atoms. The van der Waals surface area contributed by atoms with Gasteiger partial charge in [-0.05, 0) is 50.4 Å². The summed E-state index contributed by atoms with van der Waals surface area (Å²) in [5.41, 5.74) is 1.20. The van der Waals surface area contributed by atoms with E-state index in [4.69, 9.17) is 9.84 Å². The molecule has 4 heteroatoms. The Morgan fingerprint density at radius 3 is 3.05 bits per heavy atom. The predicted octanol–water partition coefficient (Wildman–Crippen LogP) is 3.09. The molecule has 116 valence electrons. The van der Waals surface area contributed by atoms with Gasteiger partial charge in [0.1, 0.15) is 12.4 Å². The molecular weight excluding hydrogens is 266 g/mol. The van der Waals surface area contributed by atoms with E-state index in [1.165, 1.54) is 18.4 Å². The molecule has 0 bridgehead atoms. The van der Waals surface area contributed by atoms with Gasteiger partial charge in [-0.25, -0.2) is 0 Å². The second-order valence-electron chi connectivity index (χ2n) is 5.78. The molecule has 21 heavy (non-hydrogen) atoms.